The molecule has 0 amide bonds. The van der Waals surface area contributed by atoms with Crippen LogP contribution in [0.4, 0.5) is 0 Å². The minimum Gasteiger partial charge on any atom is -0.487 e. The number of fused-ring (bicyclic) bond motifs is 2. The van der Waals surface area contributed by atoms with E-state index >= 15 is 0 Å². The highest BCUT2D eigenvalue weighted by Crippen LogP contribution is 2.49. The SMILES string of the molecule is NC1CC2(CCCC2)Oc2cc3c(cc21)OCO3. The van der Waals surface area contributed by atoms with Gasteiger partial charge in [0.1, 0.15) is 11.4 Å². The zero-order valence-corrected chi connectivity index (χ0v) is 10.3. The summed E-state index contributed by atoms with van der Waals surface area (Å²) in [6.45, 7) is 0.290. The first-order valence-electron chi connectivity index (χ1n) is 6.64. The van der Waals surface area contributed by atoms with Gasteiger partial charge in [-0.1, -0.05) is 0 Å². The van der Waals surface area contributed by atoms with Gasteiger partial charge in [0.2, 0.25) is 6.79 Å². The molecule has 1 spiro atoms. The molecule has 0 bridgehead atoms. The van der Waals surface area contributed by atoms with Crippen molar-refractivity contribution < 1.29 is 14.2 Å². The average molecular weight is 247 g/mol. The minimum absolute atomic E-state index is 0.0277. The van der Waals surface area contributed by atoms with E-state index in [9.17, 15) is 0 Å². The van der Waals surface area contributed by atoms with Crippen LogP contribution in [0, 0.1) is 0 Å². The molecular formula is C14H17NO3. The van der Waals surface area contributed by atoms with Gasteiger partial charge in [-0.25, -0.2) is 0 Å². The smallest absolute Gasteiger partial charge is 0.231 e. The van der Waals surface area contributed by atoms with Crippen molar-refractivity contribution in [2.75, 3.05) is 6.79 Å². The van der Waals surface area contributed by atoms with E-state index in [-0.39, 0.29) is 11.6 Å². The van der Waals surface area contributed by atoms with E-state index in [1.54, 1.807) is 0 Å². The van der Waals surface area contributed by atoms with E-state index in [1.807, 2.05) is 12.1 Å². The highest BCUT2D eigenvalue weighted by molar-refractivity contribution is 5.54. The molecule has 0 radical (unpaired) electrons. The summed E-state index contributed by atoms with van der Waals surface area (Å²) in [6, 6.07) is 3.96. The fourth-order valence-corrected chi connectivity index (χ4v) is 3.43. The lowest BCUT2D eigenvalue weighted by Gasteiger charge is -2.38. The van der Waals surface area contributed by atoms with Crippen LogP contribution in [0.25, 0.3) is 0 Å². The first kappa shape index (κ1) is 10.5. The summed E-state index contributed by atoms with van der Waals surface area (Å²) in [4.78, 5) is 0. The molecule has 2 N–H and O–H groups in total. The lowest BCUT2D eigenvalue weighted by Crippen LogP contribution is -2.40. The third kappa shape index (κ3) is 1.42. The number of hydrogen-bond acceptors (Lipinski definition) is 4. The van der Waals surface area contributed by atoms with Crippen molar-refractivity contribution in [3.05, 3.63) is 17.7 Å². The van der Waals surface area contributed by atoms with Crippen molar-refractivity contribution in [1.82, 2.24) is 0 Å². The Labute approximate surface area is 106 Å². The van der Waals surface area contributed by atoms with Crippen molar-refractivity contribution in [2.45, 2.75) is 43.7 Å². The number of benzene rings is 1. The lowest BCUT2D eigenvalue weighted by atomic mass is 9.86. The van der Waals surface area contributed by atoms with Crippen LogP contribution in [0.3, 0.4) is 0 Å². The van der Waals surface area contributed by atoms with Crippen LogP contribution in [0.15, 0.2) is 12.1 Å². The Kier molecular flexibility index (Phi) is 2.07. The zero-order valence-electron chi connectivity index (χ0n) is 10.3. The van der Waals surface area contributed by atoms with Gasteiger partial charge in [0.25, 0.3) is 0 Å². The molecule has 4 heteroatoms. The summed E-state index contributed by atoms with van der Waals surface area (Å²) >= 11 is 0. The van der Waals surface area contributed by atoms with Gasteiger partial charge in [-0.2, -0.15) is 0 Å². The van der Waals surface area contributed by atoms with Gasteiger partial charge in [0.05, 0.1) is 0 Å². The van der Waals surface area contributed by atoms with Crippen molar-refractivity contribution in [1.29, 1.82) is 0 Å². The second-order valence-electron chi connectivity index (χ2n) is 5.55. The largest absolute Gasteiger partial charge is 0.487 e. The second-order valence-corrected chi connectivity index (χ2v) is 5.55. The molecule has 1 unspecified atom stereocenters. The maximum Gasteiger partial charge on any atom is 0.231 e. The van der Waals surface area contributed by atoms with E-state index in [0.717, 1.165) is 42.1 Å². The van der Waals surface area contributed by atoms with Gasteiger partial charge < -0.3 is 19.9 Å². The van der Waals surface area contributed by atoms with Crippen LogP contribution in [0.2, 0.25) is 0 Å². The molecule has 1 atom stereocenters. The molecule has 0 aromatic heterocycles. The molecule has 2 heterocycles. The Hall–Kier alpha value is -1.42. The van der Waals surface area contributed by atoms with Crippen LogP contribution in [0.1, 0.15) is 43.7 Å². The normalized spacial score (nSPS) is 27.1. The summed E-state index contributed by atoms with van der Waals surface area (Å²) in [5.41, 5.74) is 7.34. The molecule has 4 nitrogen and oxygen atoms in total. The summed E-state index contributed by atoms with van der Waals surface area (Å²) in [6.07, 6.45) is 5.64. The van der Waals surface area contributed by atoms with Gasteiger partial charge >= 0.3 is 0 Å². The van der Waals surface area contributed by atoms with Gasteiger partial charge in [0.15, 0.2) is 11.5 Å². The summed E-state index contributed by atoms with van der Waals surface area (Å²) in [7, 11) is 0. The Morgan fingerprint density at radius 1 is 1.06 bits per heavy atom. The molecule has 1 aliphatic carbocycles. The molecule has 1 aromatic carbocycles. The average Bonchev–Trinajstić information content (AvgIpc) is 2.96. The lowest BCUT2D eigenvalue weighted by molar-refractivity contribution is 0.0424. The van der Waals surface area contributed by atoms with Gasteiger partial charge in [-0.05, 0) is 31.7 Å². The Balaban J connectivity index is 1.77. The molecular weight excluding hydrogens is 230 g/mol. The Morgan fingerprint density at radius 3 is 2.56 bits per heavy atom. The van der Waals surface area contributed by atoms with Crippen LogP contribution in [-0.4, -0.2) is 12.4 Å². The first-order chi connectivity index (χ1) is 8.76. The van der Waals surface area contributed by atoms with Crippen LogP contribution >= 0.6 is 0 Å². The standard InChI is InChI=1S/C14H17NO3/c15-10-7-14(3-1-2-4-14)18-11-6-13-12(5-9(10)11)16-8-17-13/h5-6,10H,1-4,7-8,15H2. The van der Waals surface area contributed by atoms with E-state index in [2.05, 4.69) is 0 Å². The van der Waals surface area contributed by atoms with Gasteiger partial charge in [-0.3, -0.25) is 0 Å². The Morgan fingerprint density at radius 2 is 1.78 bits per heavy atom. The van der Waals surface area contributed by atoms with Crippen LogP contribution in [-0.2, 0) is 0 Å². The third-order valence-electron chi connectivity index (χ3n) is 4.34. The number of hydrogen-bond donors (Lipinski definition) is 1. The van der Waals surface area contributed by atoms with Crippen LogP contribution < -0.4 is 19.9 Å². The first-order valence-corrected chi connectivity index (χ1v) is 6.64. The maximum absolute atomic E-state index is 6.32. The molecule has 1 aromatic rings. The highest BCUT2D eigenvalue weighted by Gasteiger charge is 2.42. The van der Waals surface area contributed by atoms with Crippen molar-refractivity contribution in [3.8, 4) is 17.2 Å². The molecule has 1 fully saturated rings. The third-order valence-corrected chi connectivity index (χ3v) is 4.34. The molecule has 1 saturated carbocycles. The number of ether oxygens (including phenoxy) is 3. The predicted molar refractivity (Wildman–Crippen MR) is 65.9 cm³/mol. The molecule has 18 heavy (non-hydrogen) atoms. The van der Waals surface area contributed by atoms with E-state index in [4.69, 9.17) is 19.9 Å². The van der Waals surface area contributed by atoms with Crippen LogP contribution in [0.5, 0.6) is 17.2 Å². The molecule has 0 saturated heterocycles. The van der Waals surface area contributed by atoms with Gasteiger partial charge in [0, 0.05) is 24.1 Å². The summed E-state index contributed by atoms with van der Waals surface area (Å²) in [5, 5.41) is 0. The van der Waals surface area contributed by atoms with E-state index in [0.29, 0.717) is 6.79 Å². The number of nitrogens with two attached hydrogens (primary N) is 1. The zero-order chi connectivity index (χ0) is 12.2. The molecule has 3 aliphatic rings. The molecule has 4 rings (SSSR count). The predicted octanol–water partition coefficient (Wildman–Crippen LogP) is 2.51. The summed E-state index contributed by atoms with van der Waals surface area (Å²) < 4.78 is 17.1. The Bertz CT molecular complexity index is 494. The minimum atomic E-state index is -0.0277. The fourth-order valence-electron chi connectivity index (χ4n) is 3.43. The maximum atomic E-state index is 6.32. The topological polar surface area (TPSA) is 53.7 Å². The monoisotopic (exact) mass is 247 g/mol. The van der Waals surface area contributed by atoms with E-state index in [1.165, 1.54) is 12.8 Å². The quantitative estimate of drug-likeness (QED) is 0.765. The van der Waals surface area contributed by atoms with E-state index < -0.39 is 0 Å². The molecule has 2 aliphatic heterocycles. The van der Waals surface area contributed by atoms with Crippen molar-refractivity contribution >= 4 is 0 Å². The number of rotatable bonds is 0. The highest BCUT2D eigenvalue weighted by atomic mass is 16.7. The summed E-state index contributed by atoms with van der Waals surface area (Å²) in [5.74, 6) is 2.45. The molecule has 96 valence electrons. The van der Waals surface area contributed by atoms with Crippen molar-refractivity contribution in [2.24, 2.45) is 5.73 Å². The fraction of sp³-hybridized carbons (Fsp3) is 0.571. The van der Waals surface area contributed by atoms with Gasteiger partial charge in [-0.15, -0.1) is 0 Å². The van der Waals surface area contributed by atoms with Crippen molar-refractivity contribution in [3.63, 3.8) is 0 Å². The second kappa shape index (κ2) is 3.54.